The average Bonchev–Trinajstić information content (AvgIpc) is 2.24. The molecule has 1 unspecified atom stereocenters. The summed E-state index contributed by atoms with van der Waals surface area (Å²) in [6, 6.07) is 1.66. The average molecular weight is 245 g/mol. The predicted octanol–water partition coefficient (Wildman–Crippen LogP) is 3.30. The van der Waals surface area contributed by atoms with Crippen LogP contribution in [-0.2, 0) is 0 Å². The van der Waals surface area contributed by atoms with E-state index in [-0.39, 0.29) is 11.1 Å². The van der Waals surface area contributed by atoms with Crippen LogP contribution < -0.4 is 0 Å². The second-order valence-corrected chi connectivity index (χ2v) is 3.08. The first kappa shape index (κ1) is 12.9. The van der Waals surface area contributed by atoms with E-state index >= 15 is 0 Å². The van der Waals surface area contributed by atoms with E-state index in [1.165, 1.54) is 0 Å². The third-order valence-electron chi connectivity index (χ3n) is 1.95. The number of alkyl halides is 3. The highest BCUT2D eigenvalue weighted by molar-refractivity contribution is 5.87. The van der Waals surface area contributed by atoms with Crippen LogP contribution in [0.25, 0.3) is 10.4 Å². The Morgan fingerprint density at radius 3 is 2.24 bits per heavy atom. The summed E-state index contributed by atoms with van der Waals surface area (Å²) in [5.74, 6) is -1.25. The minimum Gasteiger partial charge on any atom is -0.478 e. The second kappa shape index (κ2) is 4.75. The van der Waals surface area contributed by atoms with Crippen molar-refractivity contribution in [3.63, 3.8) is 0 Å². The van der Waals surface area contributed by atoms with Crippen LogP contribution in [0.15, 0.2) is 29.4 Å². The summed E-state index contributed by atoms with van der Waals surface area (Å²) in [6.45, 7) is 0. The molecule has 1 aromatic carbocycles. The summed E-state index contributed by atoms with van der Waals surface area (Å²) in [7, 11) is 0. The number of carboxylic acid groups (broad SMARTS) is 1. The van der Waals surface area contributed by atoms with Gasteiger partial charge in [-0.15, -0.1) is 0 Å². The van der Waals surface area contributed by atoms with Gasteiger partial charge in [0.2, 0.25) is 0 Å². The quantitative estimate of drug-likeness (QED) is 0.503. The van der Waals surface area contributed by atoms with Gasteiger partial charge in [-0.3, -0.25) is 0 Å². The Kier molecular flexibility index (Phi) is 3.59. The maximum Gasteiger partial charge on any atom is 0.401 e. The lowest BCUT2D eigenvalue weighted by atomic mass is 10.1. The molecule has 8 heteroatoms. The highest BCUT2D eigenvalue weighted by atomic mass is 19.4. The van der Waals surface area contributed by atoms with Crippen molar-refractivity contribution in [2.24, 2.45) is 5.11 Å². The molecule has 0 bridgehead atoms. The molecule has 1 aromatic rings. The molecule has 1 N–H and O–H groups in total. The highest BCUT2D eigenvalue weighted by Gasteiger charge is 2.40. The zero-order chi connectivity index (χ0) is 13.1. The smallest absolute Gasteiger partial charge is 0.401 e. The van der Waals surface area contributed by atoms with Gasteiger partial charge >= 0.3 is 12.1 Å². The van der Waals surface area contributed by atoms with Crippen molar-refractivity contribution in [3.8, 4) is 0 Å². The Morgan fingerprint density at radius 2 is 1.88 bits per heavy atom. The maximum atomic E-state index is 12.5. The zero-order valence-electron chi connectivity index (χ0n) is 8.22. The SMILES string of the molecule is [N-]=[N+]=NC(c1ccc(C(=O)O)cc1)C(F)(F)F. The topological polar surface area (TPSA) is 86.1 Å². The van der Waals surface area contributed by atoms with Crippen LogP contribution in [-0.4, -0.2) is 17.3 Å². The van der Waals surface area contributed by atoms with Crippen LogP contribution >= 0.6 is 0 Å². The van der Waals surface area contributed by atoms with Gasteiger partial charge in [0.05, 0.1) is 5.56 Å². The molecule has 0 amide bonds. The van der Waals surface area contributed by atoms with Crippen LogP contribution in [0.2, 0.25) is 0 Å². The first-order valence-corrected chi connectivity index (χ1v) is 4.30. The number of benzene rings is 1. The summed E-state index contributed by atoms with van der Waals surface area (Å²) in [4.78, 5) is 12.6. The number of azide groups is 1. The van der Waals surface area contributed by atoms with E-state index in [9.17, 15) is 18.0 Å². The van der Waals surface area contributed by atoms with Crippen molar-refractivity contribution < 1.29 is 23.1 Å². The van der Waals surface area contributed by atoms with Crippen molar-refractivity contribution in [3.05, 3.63) is 45.8 Å². The number of nitrogens with zero attached hydrogens (tertiary/aromatic N) is 3. The lowest BCUT2D eigenvalue weighted by Gasteiger charge is -2.15. The Morgan fingerprint density at radius 1 is 1.35 bits per heavy atom. The van der Waals surface area contributed by atoms with Crippen LogP contribution in [0.1, 0.15) is 22.0 Å². The van der Waals surface area contributed by atoms with Crippen LogP contribution in [0.4, 0.5) is 13.2 Å². The van der Waals surface area contributed by atoms with Gasteiger partial charge < -0.3 is 5.11 Å². The van der Waals surface area contributed by atoms with Gasteiger partial charge in [-0.2, -0.15) is 13.2 Å². The van der Waals surface area contributed by atoms with E-state index in [1.807, 2.05) is 0 Å². The maximum absolute atomic E-state index is 12.5. The van der Waals surface area contributed by atoms with Crippen molar-refractivity contribution in [2.75, 3.05) is 0 Å². The number of rotatable bonds is 3. The molecule has 0 heterocycles. The summed E-state index contributed by atoms with van der Waals surface area (Å²) < 4.78 is 37.4. The van der Waals surface area contributed by atoms with Crippen LogP contribution in [0.3, 0.4) is 0 Å². The van der Waals surface area contributed by atoms with Gasteiger partial charge in [-0.05, 0) is 23.2 Å². The molecule has 0 fully saturated rings. The van der Waals surface area contributed by atoms with E-state index in [4.69, 9.17) is 10.6 Å². The summed E-state index contributed by atoms with van der Waals surface area (Å²) >= 11 is 0. The van der Waals surface area contributed by atoms with Gasteiger partial charge in [0.25, 0.3) is 0 Å². The zero-order valence-corrected chi connectivity index (χ0v) is 8.22. The molecule has 0 saturated carbocycles. The first-order chi connectivity index (χ1) is 7.86. The van der Waals surface area contributed by atoms with E-state index in [0.717, 1.165) is 24.3 Å². The van der Waals surface area contributed by atoms with E-state index in [2.05, 4.69) is 10.0 Å². The number of carboxylic acids is 1. The number of hydrogen-bond donors (Lipinski definition) is 1. The van der Waals surface area contributed by atoms with Gasteiger partial charge in [-0.25, -0.2) is 4.79 Å². The van der Waals surface area contributed by atoms with E-state index < -0.39 is 18.2 Å². The third-order valence-corrected chi connectivity index (χ3v) is 1.95. The van der Waals surface area contributed by atoms with Crippen LogP contribution in [0, 0.1) is 0 Å². The highest BCUT2D eigenvalue weighted by Crippen LogP contribution is 2.36. The number of aromatic carboxylic acids is 1. The van der Waals surface area contributed by atoms with Crippen molar-refractivity contribution in [1.82, 2.24) is 0 Å². The van der Waals surface area contributed by atoms with Gasteiger partial charge in [-0.1, -0.05) is 17.2 Å². The molecule has 1 atom stereocenters. The Balaban J connectivity index is 3.12. The molecule has 0 radical (unpaired) electrons. The second-order valence-electron chi connectivity index (χ2n) is 3.08. The molecule has 0 saturated heterocycles. The molecular weight excluding hydrogens is 239 g/mol. The fraction of sp³-hybridized carbons (Fsp3) is 0.222. The fourth-order valence-electron chi connectivity index (χ4n) is 1.18. The summed E-state index contributed by atoms with van der Waals surface area (Å²) in [5, 5.41) is 11.2. The fourth-order valence-corrected chi connectivity index (χ4v) is 1.18. The molecular formula is C9H6F3N3O2. The minimum atomic E-state index is -4.71. The molecule has 0 aromatic heterocycles. The largest absolute Gasteiger partial charge is 0.478 e. The Hall–Kier alpha value is -2.21. The van der Waals surface area contributed by atoms with Crippen LogP contribution in [0.5, 0.6) is 0 Å². The van der Waals surface area contributed by atoms with E-state index in [1.54, 1.807) is 0 Å². The summed E-state index contributed by atoms with van der Waals surface area (Å²) in [5.41, 5.74) is 7.62. The molecule has 1 rings (SSSR count). The molecule has 17 heavy (non-hydrogen) atoms. The standard InChI is InChI=1S/C9H6F3N3O2/c10-9(11,12)7(14-15-13)5-1-3-6(4-2-5)8(16)17/h1-4,7H,(H,16,17). The Labute approximate surface area is 93.1 Å². The number of hydrogen-bond acceptors (Lipinski definition) is 2. The molecule has 5 nitrogen and oxygen atoms in total. The van der Waals surface area contributed by atoms with Gasteiger partial charge in [0.15, 0.2) is 6.04 Å². The monoisotopic (exact) mass is 245 g/mol. The first-order valence-electron chi connectivity index (χ1n) is 4.30. The predicted molar refractivity (Wildman–Crippen MR) is 51.3 cm³/mol. The molecule has 0 spiro atoms. The molecule has 0 aliphatic carbocycles. The lowest BCUT2D eigenvalue weighted by molar-refractivity contribution is -0.148. The van der Waals surface area contributed by atoms with Gasteiger partial charge in [0, 0.05) is 4.91 Å². The van der Waals surface area contributed by atoms with Crippen molar-refractivity contribution in [2.45, 2.75) is 12.2 Å². The van der Waals surface area contributed by atoms with Crippen molar-refractivity contribution in [1.29, 1.82) is 0 Å². The van der Waals surface area contributed by atoms with Crippen molar-refractivity contribution >= 4 is 5.97 Å². The summed E-state index contributed by atoms with van der Waals surface area (Å²) in [6.07, 6.45) is -4.71. The third kappa shape index (κ3) is 3.12. The van der Waals surface area contributed by atoms with Gasteiger partial charge in [0.1, 0.15) is 0 Å². The molecule has 90 valence electrons. The lowest BCUT2D eigenvalue weighted by Crippen LogP contribution is -2.18. The minimum absolute atomic E-state index is 0.143. The number of carbonyl (C=O) groups is 1. The molecule has 0 aliphatic heterocycles. The van der Waals surface area contributed by atoms with E-state index in [0.29, 0.717) is 0 Å². The molecule has 0 aliphatic rings. The Bertz CT molecular complexity index is 463. The number of halogens is 3. The normalized spacial score (nSPS) is 12.6.